The molecule has 0 spiro atoms. The minimum absolute atomic E-state index is 0.0136. The van der Waals surface area contributed by atoms with Crippen molar-refractivity contribution in [3.05, 3.63) is 11.1 Å². The van der Waals surface area contributed by atoms with E-state index in [1.807, 2.05) is 12.4 Å². The molecule has 94 valence electrons. The van der Waals surface area contributed by atoms with Crippen LogP contribution >= 0.6 is 11.3 Å². The van der Waals surface area contributed by atoms with E-state index >= 15 is 0 Å². The first-order valence-corrected chi connectivity index (χ1v) is 6.72. The SMILES string of the molecule is CN1CCCC[C@@H]1C(=O)NCc1csc(N)n1. The molecule has 1 aromatic rings. The Labute approximate surface area is 105 Å². The average molecular weight is 254 g/mol. The fourth-order valence-electron chi connectivity index (χ4n) is 2.11. The van der Waals surface area contributed by atoms with Gasteiger partial charge in [-0.1, -0.05) is 6.42 Å². The first kappa shape index (κ1) is 12.3. The molecule has 1 aromatic heterocycles. The van der Waals surface area contributed by atoms with E-state index in [4.69, 9.17) is 5.73 Å². The topological polar surface area (TPSA) is 71.2 Å². The lowest BCUT2D eigenvalue weighted by molar-refractivity contribution is -0.127. The van der Waals surface area contributed by atoms with Crippen LogP contribution in [0.3, 0.4) is 0 Å². The van der Waals surface area contributed by atoms with Crippen LogP contribution in [0.1, 0.15) is 25.0 Å². The van der Waals surface area contributed by atoms with E-state index < -0.39 is 0 Å². The maximum atomic E-state index is 12.0. The number of piperidine rings is 1. The van der Waals surface area contributed by atoms with E-state index in [2.05, 4.69) is 15.2 Å². The molecule has 6 heteroatoms. The molecule has 5 nitrogen and oxygen atoms in total. The Kier molecular flexibility index (Phi) is 3.96. The first-order valence-electron chi connectivity index (χ1n) is 5.84. The molecule has 2 rings (SSSR count). The largest absolute Gasteiger partial charge is 0.375 e. The lowest BCUT2D eigenvalue weighted by Gasteiger charge is -2.31. The van der Waals surface area contributed by atoms with Crippen molar-refractivity contribution in [2.75, 3.05) is 19.3 Å². The molecule has 1 aliphatic rings. The Hall–Kier alpha value is -1.14. The standard InChI is InChI=1S/C11H18N4OS/c1-15-5-3-2-4-9(15)10(16)13-6-8-7-17-11(12)14-8/h7,9H,2-6H2,1H3,(H2,12,14)(H,13,16)/t9-/m1/s1. The van der Waals surface area contributed by atoms with Gasteiger partial charge in [0.1, 0.15) is 0 Å². The third kappa shape index (κ3) is 3.17. The number of hydrogen-bond acceptors (Lipinski definition) is 5. The van der Waals surface area contributed by atoms with Gasteiger partial charge in [0.25, 0.3) is 0 Å². The molecule has 0 bridgehead atoms. The number of likely N-dealkylation sites (tertiary alicyclic amines) is 1. The van der Waals surface area contributed by atoms with Crippen molar-refractivity contribution in [1.29, 1.82) is 0 Å². The lowest BCUT2D eigenvalue weighted by atomic mass is 10.0. The zero-order chi connectivity index (χ0) is 12.3. The Morgan fingerprint density at radius 1 is 1.71 bits per heavy atom. The van der Waals surface area contributed by atoms with Gasteiger partial charge in [0.2, 0.25) is 5.91 Å². The molecule has 0 unspecified atom stereocenters. The number of likely N-dealkylation sites (N-methyl/N-ethyl adjacent to an activating group) is 1. The number of aromatic nitrogens is 1. The summed E-state index contributed by atoms with van der Waals surface area (Å²) in [5, 5.41) is 5.34. The zero-order valence-corrected chi connectivity index (χ0v) is 10.8. The van der Waals surface area contributed by atoms with Crippen molar-refractivity contribution in [2.45, 2.75) is 31.8 Å². The van der Waals surface area contributed by atoms with Crippen LogP contribution in [0.5, 0.6) is 0 Å². The second kappa shape index (κ2) is 5.46. The number of amides is 1. The maximum absolute atomic E-state index is 12.0. The number of carbonyl (C=O) groups is 1. The Bertz CT molecular complexity index is 393. The van der Waals surface area contributed by atoms with Gasteiger partial charge < -0.3 is 11.1 Å². The highest BCUT2D eigenvalue weighted by atomic mass is 32.1. The van der Waals surface area contributed by atoms with Crippen LogP contribution in [-0.2, 0) is 11.3 Å². The molecular formula is C11H18N4OS. The molecule has 1 aliphatic heterocycles. The normalized spacial score (nSPS) is 21.4. The highest BCUT2D eigenvalue weighted by Crippen LogP contribution is 2.15. The third-order valence-electron chi connectivity index (χ3n) is 3.09. The third-order valence-corrected chi connectivity index (χ3v) is 3.81. The number of nitrogen functional groups attached to an aromatic ring is 1. The summed E-state index contributed by atoms with van der Waals surface area (Å²) < 4.78 is 0. The number of carbonyl (C=O) groups excluding carboxylic acids is 1. The molecule has 3 N–H and O–H groups in total. The van der Waals surface area contributed by atoms with E-state index in [1.165, 1.54) is 17.8 Å². The van der Waals surface area contributed by atoms with Gasteiger partial charge in [-0.2, -0.15) is 0 Å². The van der Waals surface area contributed by atoms with Gasteiger partial charge in [-0.15, -0.1) is 11.3 Å². The minimum Gasteiger partial charge on any atom is -0.375 e. The molecule has 1 fully saturated rings. The molecule has 0 aromatic carbocycles. The van der Waals surface area contributed by atoms with Crippen LogP contribution in [0, 0.1) is 0 Å². The van der Waals surface area contributed by atoms with Crippen molar-refractivity contribution >= 4 is 22.4 Å². The highest BCUT2D eigenvalue weighted by Gasteiger charge is 2.25. The number of rotatable bonds is 3. The van der Waals surface area contributed by atoms with Crippen molar-refractivity contribution in [2.24, 2.45) is 0 Å². The number of hydrogen-bond donors (Lipinski definition) is 2. The van der Waals surface area contributed by atoms with Crippen LogP contribution in [-0.4, -0.2) is 35.4 Å². The van der Waals surface area contributed by atoms with E-state index in [1.54, 1.807) is 0 Å². The van der Waals surface area contributed by atoms with E-state index in [0.717, 1.165) is 25.1 Å². The number of thiazole rings is 1. The van der Waals surface area contributed by atoms with Gasteiger partial charge in [0.15, 0.2) is 5.13 Å². The second-order valence-corrected chi connectivity index (χ2v) is 5.28. The molecule has 2 heterocycles. The molecule has 0 saturated carbocycles. The molecule has 1 atom stereocenters. The van der Waals surface area contributed by atoms with Crippen molar-refractivity contribution in [3.8, 4) is 0 Å². The van der Waals surface area contributed by atoms with Gasteiger partial charge in [-0.05, 0) is 26.4 Å². The van der Waals surface area contributed by atoms with E-state index in [9.17, 15) is 4.79 Å². The summed E-state index contributed by atoms with van der Waals surface area (Å²) in [6.45, 7) is 1.47. The number of nitrogens with one attached hydrogen (secondary N) is 1. The molecular weight excluding hydrogens is 236 g/mol. The summed E-state index contributed by atoms with van der Waals surface area (Å²) in [6.07, 6.45) is 3.26. The summed E-state index contributed by atoms with van der Waals surface area (Å²) in [6, 6.07) is 0.0136. The summed E-state index contributed by atoms with van der Waals surface area (Å²) in [5.41, 5.74) is 6.37. The van der Waals surface area contributed by atoms with Gasteiger partial charge in [0, 0.05) is 5.38 Å². The van der Waals surface area contributed by atoms with Crippen molar-refractivity contribution in [1.82, 2.24) is 15.2 Å². The smallest absolute Gasteiger partial charge is 0.237 e. The summed E-state index contributed by atoms with van der Waals surface area (Å²) in [7, 11) is 2.00. The minimum atomic E-state index is 0.0136. The van der Waals surface area contributed by atoms with Crippen LogP contribution in [0.25, 0.3) is 0 Å². The number of nitrogens with two attached hydrogens (primary N) is 1. The second-order valence-electron chi connectivity index (χ2n) is 4.39. The molecule has 0 radical (unpaired) electrons. The molecule has 0 aliphatic carbocycles. The number of anilines is 1. The fraction of sp³-hybridized carbons (Fsp3) is 0.636. The van der Waals surface area contributed by atoms with Gasteiger partial charge in [-0.3, -0.25) is 9.69 Å². The molecule has 1 amide bonds. The van der Waals surface area contributed by atoms with Crippen LogP contribution in [0.15, 0.2) is 5.38 Å². The monoisotopic (exact) mass is 254 g/mol. The van der Waals surface area contributed by atoms with Crippen LogP contribution in [0.2, 0.25) is 0 Å². The van der Waals surface area contributed by atoms with Crippen LogP contribution < -0.4 is 11.1 Å². The summed E-state index contributed by atoms with van der Waals surface area (Å²) in [5.74, 6) is 0.0961. The summed E-state index contributed by atoms with van der Waals surface area (Å²) in [4.78, 5) is 18.2. The Balaban J connectivity index is 1.84. The Morgan fingerprint density at radius 2 is 2.53 bits per heavy atom. The van der Waals surface area contributed by atoms with Crippen molar-refractivity contribution in [3.63, 3.8) is 0 Å². The summed E-state index contributed by atoms with van der Waals surface area (Å²) >= 11 is 1.40. The first-order chi connectivity index (χ1) is 8.16. The maximum Gasteiger partial charge on any atom is 0.237 e. The van der Waals surface area contributed by atoms with Gasteiger partial charge in [-0.25, -0.2) is 4.98 Å². The highest BCUT2D eigenvalue weighted by molar-refractivity contribution is 7.13. The predicted molar refractivity (Wildman–Crippen MR) is 68.6 cm³/mol. The van der Waals surface area contributed by atoms with Gasteiger partial charge in [0.05, 0.1) is 18.3 Å². The zero-order valence-electron chi connectivity index (χ0n) is 9.98. The number of nitrogens with zero attached hydrogens (tertiary/aromatic N) is 2. The molecule has 1 saturated heterocycles. The average Bonchev–Trinajstić information content (AvgIpc) is 2.73. The Morgan fingerprint density at radius 3 is 3.18 bits per heavy atom. The fourth-order valence-corrected chi connectivity index (χ4v) is 2.67. The quantitative estimate of drug-likeness (QED) is 0.838. The van der Waals surface area contributed by atoms with Gasteiger partial charge >= 0.3 is 0 Å². The predicted octanol–water partition coefficient (Wildman–Crippen LogP) is 0.826. The van der Waals surface area contributed by atoms with Crippen LogP contribution in [0.4, 0.5) is 5.13 Å². The van der Waals surface area contributed by atoms with E-state index in [-0.39, 0.29) is 11.9 Å². The van der Waals surface area contributed by atoms with E-state index in [0.29, 0.717) is 11.7 Å². The van der Waals surface area contributed by atoms with Crippen molar-refractivity contribution < 1.29 is 4.79 Å². The lowest BCUT2D eigenvalue weighted by Crippen LogP contribution is -2.47. The molecule has 17 heavy (non-hydrogen) atoms.